The summed E-state index contributed by atoms with van der Waals surface area (Å²) in [5.74, 6) is 0. The Kier molecular flexibility index (Phi) is 5.05. The van der Waals surface area contributed by atoms with E-state index in [1.165, 1.54) is 11.3 Å². The lowest BCUT2D eigenvalue weighted by atomic mass is 10.1. The smallest absolute Gasteiger partial charge is 0.0569 e. The second-order valence-corrected chi connectivity index (χ2v) is 3.85. The quantitative estimate of drug-likeness (QED) is 0.645. The van der Waals surface area contributed by atoms with Crippen LogP contribution in [0.5, 0.6) is 0 Å². The highest BCUT2D eigenvalue weighted by Gasteiger charge is 2.06. The highest BCUT2D eigenvalue weighted by Crippen LogP contribution is 2.05. The van der Waals surface area contributed by atoms with Crippen LogP contribution in [0.3, 0.4) is 0 Å². The first-order chi connectivity index (χ1) is 7.24. The van der Waals surface area contributed by atoms with Gasteiger partial charge in [0.25, 0.3) is 0 Å². The van der Waals surface area contributed by atoms with Crippen LogP contribution in [0.15, 0.2) is 41.1 Å². The van der Waals surface area contributed by atoms with Gasteiger partial charge in [-0.25, -0.2) is 0 Å². The maximum Gasteiger partial charge on any atom is 0.0569 e. The second kappa shape index (κ2) is 6.36. The molecule has 2 heteroatoms. The average molecular weight is 204 g/mol. The third-order valence-electron chi connectivity index (χ3n) is 2.42. The van der Waals surface area contributed by atoms with Crippen molar-refractivity contribution >= 4 is 5.71 Å². The minimum atomic E-state index is 0.936. The molecule has 82 valence electrons. The molecule has 0 aromatic heterocycles. The molecule has 0 N–H and O–H groups in total. The molecular formula is C13H20N2. The first-order valence-corrected chi connectivity index (χ1v) is 5.42. The van der Waals surface area contributed by atoms with E-state index in [1.807, 2.05) is 13.1 Å². The van der Waals surface area contributed by atoms with Crippen molar-refractivity contribution in [2.75, 3.05) is 20.1 Å². The lowest BCUT2D eigenvalue weighted by Crippen LogP contribution is -2.25. The van der Waals surface area contributed by atoms with Gasteiger partial charge in [-0.15, -0.1) is 0 Å². The summed E-state index contributed by atoms with van der Waals surface area (Å²) in [6.07, 6.45) is 11.4. The third-order valence-corrected chi connectivity index (χ3v) is 2.42. The zero-order chi connectivity index (χ0) is 11.1. The topological polar surface area (TPSA) is 15.6 Å². The average Bonchev–Trinajstić information content (AvgIpc) is 2.43. The molecule has 1 aliphatic rings. The first kappa shape index (κ1) is 11.9. The summed E-state index contributed by atoms with van der Waals surface area (Å²) in [5, 5.41) is 0. The fraction of sp³-hybridized carbons (Fsp3) is 0.462. The number of aliphatic imine (C=N–C) groups is 1. The van der Waals surface area contributed by atoms with E-state index in [1.54, 1.807) is 0 Å². The molecular weight excluding hydrogens is 184 g/mol. The number of allylic oxidation sites excluding steroid dienone is 3. The van der Waals surface area contributed by atoms with Gasteiger partial charge in [0.2, 0.25) is 0 Å². The fourth-order valence-electron chi connectivity index (χ4n) is 1.46. The van der Waals surface area contributed by atoms with E-state index < -0.39 is 0 Å². The van der Waals surface area contributed by atoms with E-state index in [2.05, 4.69) is 48.2 Å². The van der Waals surface area contributed by atoms with E-state index in [9.17, 15) is 0 Å². The summed E-state index contributed by atoms with van der Waals surface area (Å²) in [6.45, 7) is 6.10. The van der Waals surface area contributed by atoms with Gasteiger partial charge in [0.1, 0.15) is 0 Å². The molecule has 0 unspecified atom stereocenters. The Bertz CT molecular complexity index is 308. The van der Waals surface area contributed by atoms with Crippen molar-refractivity contribution in [3.63, 3.8) is 0 Å². The van der Waals surface area contributed by atoms with Gasteiger partial charge in [0.05, 0.1) is 5.71 Å². The van der Waals surface area contributed by atoms with Crippen LogP contribution < -0.4 is 0 Å². The molecule has 0 aliphatic carbocycles. The molecule has 0 aromatic carbocycles. The minimum absolute atomic E-state index is 0.936. The summed E-state index contributed by atoms with van der Waals surface area (Å²) in [6, 6.07) is 0. The van der Waals surface area contributed by atoms with E-state index in [4.69, 9.17) is 0 Å². The first-order valence-electron chi connectivity index (χ1n) is 5.42. The lowest BCUT2D eigenvalue weighted by Gasteiger charge is -2.13. The van der Waals surface area contributed by atoms with Gasteiger partial charge in [-0.05, 0) is 32.9 Å². The lowest BCUT2D eigenvalue weighted by molar-refractivity contribution is 0.426. The molecule has 0 radical (unpaired) electrons. The zero-order valence-corrected chi connectivity index (χ0v) is 9.90. The summed E-state index contributed by atoms with van der Waals surface area (Å²) in [5.41, 5.74) is 2.46. The van der Waals surface area contributed by atoms with Gasteiger partial charge in [0.15, 0.2) is 0 Å². The van der Waals surface area contributed by atoms with Crippen molar-refractivity contribution in [3.05, 3.63) is 36.1 Å². The van der Waals surface area contributed by atoms with Gasteiger partial charge < -0.3 is 0 Å². The number of likely N-dealkylation sites (N-methyl/N-ethyl adjacent to an activating group) is 1. The molecule has 0 atom stereocenters. The Morgan fingerprint density at radius 3 is 3.13 bits per heavy atom. The van der Waals surface area contributed by atoms with Gasteiger partial charge in [-0.2, -0.15) is 0 Å². The maximum atomic E-state index is 4.45. The summed E-state index contributed by atoms with van der Waals surface area (Å²) in [4.78, 5) is 6.71. The van der Waals surface area contributed by atoms with Crippen molar-refractivity contribution in [2.45, 2.75) is 20.3 Å². The van der Waals surface area contributed by atoms with E-state index in [0.717, 1.165) is 19.5 Å². The summed E-state index contributed by atoms with van der Waals surface area (Å²) in [7, 11) is 2.12. The van der Waals surface area contributed by atoms with Gasteiger partial charge in [-0.3, -0.25) is 9.89 Å². The summed E-state index contributed by atoms with van der Waals surface area (Å²) >= 11 is 0. The molecule has 0 saturated heterocycles. The SMILES string of the molecule is C/C=C\CC=C(C)C1=NC=CCN(C)C1. The van der Waals surface area contributed by atoms with E-state index >= 15 is 0 Å². The standard InChI is InChI=1S/C13H20N2/c1-4-5-6-8-12(2)13-11-15(3)10-7-9-14-13/h4-5,7-9H,6,10-11H2,1-3H3/b5-4-,12-8?. The normalized spacial score (nSPS) is 19.4. The summed E-state index contributed by atoms with van der Waals surface area (Å²) < 4.78 is 0. The van der Waals surface area contributed by atoms with Crippen LogP contribution in [0.1, 0.15) is 20.3 Å². The van der Waals surface area contributed by atoms with Crippen molar-refractivity contribution in [2.24, 2.45) is 4.99 Å². The Balaban J connectivity index is 2.65. The fourth-order valence-corrected chi connectivity index (χ4v) is 1.46. The zero-order valence-electron chi connectivity index (χ0n) is 9.90. The predicted octanol–water partition coefficient (Wildman–Crippen LogP) is 2.80. The highest BCUT2D eigenvalue weighted by atomic mass is 15.1. The van der Waals surface area contributed by atoms with E-state index in [-0.39, 0.29) is 0 Å². The monoisotopic (exact) mass is 204 g/mol. The number of hydrogen-bond donors (Lipinski definition) is 0. The molecule has 2 nitrogen and oxygen atoms in total. The van der Waals surface area contributed by atoms with Crippen LogP contribution in [-0.2, 0) is 0 Å². The van der Waals surface area contributed by atoms with Crippen molar-refractivity contribution in [3.8, 4) is 0 Å². The van der Waals surface area contributed by atoms with Gasteiger partial charge >= 0.3 is 0 Å². The van der Waals surface area contributed by atoms with Crippen LogP contribution in [-0.4, -0.2) is 30.7 Å². The largest absolute Gasteiger partial charge is 0.297 e. The molecule has 0 amide bonds. The van der Waals surface area contributed by atoms with Crippen LogP contribution in [0.4, 0.5) is 0 Å². The van der Waals surface area contributed by atoms with Crippen LogP contribution in [0, 0.1) is 0 Å². The molecule has 0 spiro atoms. The molecule has 1 rings (SSSR count). The molecule has 0 aromatic rings. The van der Waals surface area contributed by atoms with Crippen LogP contribution >= 0.6 is 0 Å². The Morgan fingerprint density at radius 1 is 1.60 bits per heavy atom. The number of rotatable bonds is 3. The van der Waals surface area contributed by atoms with Crippen LogP contribution in [0.2, 0.25) is 0 Å². The molecule has 0 bridgehead atoms. The van der Waals surface area contributed by atoms with E-state index in [0.29, 0.717) is 0 Å². The minimum Gasteiger partial charge on any atom is -0.297 e. The maximum absolute atomic E-state index is 4.45. The number of nitrogens with zero attached hydrogens (tertiary/aromatic N) is 2. The van der Waals surface area contributed by atoms with Crippen molar-refractivity contribution in [1.82, 2.24) is 4.90 Å². The Hall–Kier alpha value is -1.15. The van der Waals surface area contributed by atoms with Gasteiger partial charge in [-0.1, -0.05) is 24.3 Å². The van der Waals surface area contributed by atoms with Gasteiger partial charge in [0, 0.05) is 19.3 Å². The Morgan fingerprint density at radius 2 is 2.40 bits per heavy atom. The Labute approximate surface area is 92.7 Å². The molecule has 0 fully saturated rings. The third kappa shape index (κ3) is 4.26. The molecule has 1 heterocycles. The van der Waals surface area contributed by atoms with Crippen LogP contribution in [0.25, 0.3) is 0 Å². The predicted molar refractivity (Wildman–Crippen MR) is 67.3 cm³/mol. The molecule has 1 aliphatic heterocycles. The van der Waals surface area contributed by atoms with Crippen molar-refractivity contribution < 1.29 is 0 Å². The molecule has 15 heavy (non-hydrogen) atoms. The van der Waals surface area contributed by atoms with Crippen molar-refractivity contribution in [1.29, 1.82) is 0 Å². The second-order valence-electron chi connectivity index (χ2n) is 3.85. The molecule has 0 saturated carbocycles. The highest BCUT2D eigenvalue weighted by molar-refractivity contribution is 6.01. The number of hydrogen-bond acceptors (Lipinski definition) is 2.